The number of cyclic esters (lactones) is 1. The Morgan fingerprint density at radius 1 is 1.33 bits per heavy atom. The molecule has 0 aromatic rings. The van der Waals surface area contributed by atoms with Gasteiger partial charge in [0.2, 0.25) is 0 Å². The van der Waals surface area contributed by atoms with Crippen LogP contribution in [0, 0.1) is 0 Å². The summed E-state index contributed by atoms with van der Waals surface area (Å²) < 4.78 is 4.53. The summed E-state index contributed by atoms with van der Waals surface area (Å²) in [5.74, 6) is -0.485. The summed E-state index contributed by atoms with van der Waals surface area (Å²) >= 11 is 0. The molecule has 0 radical (unpaired) electrons. The lowest BCUT2D eigenvalue weighted by atomic mass is 10.3. The first-order valence-electron chi connectivity index (χ1n) is 2.67. The summed E-state index contributed by atoms with van der Waals surface area (Å²) in [4.78, 5) is 20.9. The van der Waals surface area contributed by atoms with Crippen LogP contribution in [0.2, 0.25) is 0 Å². The van der Waals surface area contributed by atoms with Gasteiger partial charge in [-0.2, -0.15) is 0 Å². The molecule has 0 aliphatic carbocycles. The lowest BCUT2D eigenvalue weighted by molar-refractivity contribution is -0.137. The van der Waals surface area contributed by atoms with Crippen LogP contribution < -0.4 is 0 Å². The Bertz CT molecular complexity index is 151. The zero-order valence-electron chi connectivity index (χ0n) is 4.79. The van der Waals surface area contributed by atoms with Crippen molar-refractivity contribution < 1.29 is 14.3 Å². The Hall–Kier alpha value is -1.12. The second kappa shape index (κ2) is 2.44. The minimum absolute atomic E-state index is 0.0548. The quantitative estimate of drug-likeness (QED) is 0.431. The third-order valence-electron chi connectivity index (χ3n) is 0.998. The molecule has 1 rings (SSSR count). The fourth-order valence-corrected chi connectivity index (χ4v) is 0.545. The number of carbonyl (C=O) groups excluding carboxylic acids is 2. The lowest BCUT2D eigenvalue weighted by Gasteiger charge is -1.92. The van der Waals surface area contributed by atoms with Gasteiger partial charge in [0.15, 0.2) is 5.78 Å². The SMILES string of the molecule is O=C1C=CC(=O)OCC1. The Kier molecular flexibility index (Phi) is 1.63. The molecular weight excluding hydrogens is 120 g/mol. The highest BCUT2D eigenvalue weighted by atomic mass is 16.5. The Morgan fingerprint density at radius 3 is 2.89 bits per heavy atom. The Balaban J connectivity index is 2.63. The van der Waals surface area contributed by atoms with Crippen molar-refractivity contribution in [2.75, 3.05) is 6.61 Å². The molecule has 3 nitrogen and oxygen atoms in total. The molecule has 9 heavy (non-hydrogen) atoms. The zero-order valence-corrected chi connectivity index (χ0v) is 4.79. The smallest absolute Gasteiger partial charge is 0.330 e. The standard InChI is InChI=1S/C6H6O3/c7-5-1-2-6(8)9-4-3-5/h1-2H,3-4H2. The van der Waals surface area contributed by atoms with E-state index in [4.69, 9.17) is 0 Å². The van der Waals surface area contributed by atoms with Crippen molar-refractivity contribution in [2.45, 2.75) is 6.42 Å². The van der Waals surface area contributed by atoms with E-state index < -0.39 is 5.97 Å². The predicted molar refractivity (Wildman–Crippen MR) is 29.7 cm³/mol. The highest BCUT2D eigenvalue weighted by Crippen LogP contribution is 1.94. The molecule has 48 valence electrons. The highest BCUT2D eigenvalue weighted by molar-refractivity contribution is 5.97. The average molecular weight is 126 g/mol. The second-order valence-electron chi connectivity index (χ2n) is 1.72. The molecule has 0 aromatic carbocycles. The molecule has 1 heterocycles. The van der Waals surface area contributed by atoms with Gasteiger partial charge in [0.05, 0.1) is 6.61 Å². The third kappa shape index (κ3) is 1.68. The maximum atomic E-state index is 10.5. The van der Waals surface area contributed by atoms with Crippen molar-refractivity contribution in [3.63, 3.8) is 0 Å². The molecular formula is C6H6O3. The fraction of sp³-hybridized carbons (Fsp3) is 0.333. The van der Waals surface area contributed by atoms with Gasteiger partial charge >= 0.3 is 5.97 Å². The predicted octanol–water partition coefficient (Wildman–Crippen LogP) is 0.0586. The molecule has 0 fully saturated rings. The van der Waals surface area contributed by atoms with Crippen LogP contribution in [0.5, 0.6) is 0 Å². The van der Waals surface area contributed by atoms with E-state index in [2.05, 4.69) is 4.74 Å². The number of ether oxygens (including phenoxy) is 1. The summed E-state index contributed by atoms with van der Waals surface area (Å²) in [6.45, 7) is 0.213. The molecule has 0 N–H and O–H groups in total. The van der Waals surface area contributed by atoms with Gasteiger partial charge in [0.25, 0.3) is 0 Å². The Morgan fingerprint density at radius 2 is 2.11 bits per heavy atom. The third-order valence-corrected chi connectivity index (χ3v) is 0.998. The number of ketones is 1. The van der Waals surface area contributed by atoms with Crippen LogP contribution in [0.25, 0.3) is 0 Å². The topological polar surface area (TPSA) is 43.4 Å². The van der Waals surface area contributed by atoms with E-state index in [1.807, 2.05) is 0 Å². The fourth-order valence-electron chi connectivity index (χ4n) is 0.545. The molecule has 0 saturated heterocycles. The van der Waals surface area contributed by atoms with E-state index in [1.54, 1.807) is 0 Å². The maximum absolute atomic E-state index is 10.5. The minimum Gasteiger partial charge on any atom is -0.462 e. The van der Waals surface area contributed by atoms with Crippen molar-refractivity contribution in [3.05, 3.63) is 12.2 Å². The van der Waals surface area contributed by atoms with E-state index in [-0.39, 0.29) is 12.4 Å². The number of esters is 1. The van der Waals surface area contributed by atoms with E-state index in [1.165, 1.54) is 6.08 Å². The molecule has 0 saturated carbocycles. The van der Waals surface area contributed by atoms with Crippen LogP contribution in [0.15, 0.2) is 12.2 Å². The monoisotopic (exact) mass is 126 g/mol. The molecule has 0 unspecified atom stereocenters. The van der Waals surface area contributed by atoms with Crippen LogP contribution in [0.1, 0.15) is 6.42 Å². The average Bonchev–Trinajstić information content (AvgIpc) is 1.97. The summed E-state index contributed by atoms with van der Waals surface area (Å²) in [7, 11) is 0. The minimum atomic E-state index is -0.430. The molecule has 3 heteroatoms. The van der Waals surface area contributed by atoms with Crippen molar-refractivity contribution >= 4 is 11.8 Å². The van der Waals surface area contributed by atoms with Gasteiger partial charge in [0.1, 0.15) is 0 Å². The van der Waals surface area contributed by atoms with E-state index in [0.29, 0.717) is 6.42 Å². The molecule has 0 amide bonds. The first-order chi connectivity index (χ1) is 4.29. The van der Waals surface area contributed by atoms with Gasteiger partial charge in [-0.15, -0.1) is 0 Å². The molecule has 1 aliphatic heterocycles. The van der Waals surface area contributed by atoms with Gasteiger partial charge in [-0.25, -0.2) is 4.79 Å². The zero-order chi connectivity index (χ0) is 6.69. The first-order valence-corrected chi connectivity index (χ1v) is 2.67. The largest absolute Gasteiger partial charge is 0.462 e. The van der Waals surface area contributed by atoms with Crippen LogP contribution in [-0.4, -0.2) is 18.4 Å². The highest BCUT2D eigenvalue weighted by Gasteiger charge is 2.05. The van der Waals surface area contributed by atoms with Crippen LogP contribution in [0.4, 0.5) is 0 Å². The summed E-state index contributed by atoms with van der Waals surface area (Å²) in [6.07, 6.45) is 2.70. The van der Waals surface area contributed by atoms with Crippen molar-refractivity contribution in [2.24, 2.45) is 0 Å². The molecule has 0 spiro atoms. The summed E-state index contributed by atoms with van der Waals surface area (Å²) in [6, 6.07) is 0. The van der Waals surface area contributed by atoms with E-state index in [9.17, 15) is 9.59 Å². The normalized spacial score (nSPS) is 19.1. The summed E-state index contributed by atoms with van der Waals surface area (Å²) in [5, 5.41) is 0. The summed E-state index contributed by atoms with van der Waals surface area (Å²) in [5.41, 5.74) is 0. The Labute approximate surface area is 52.3 Å². The van der Waals surface area contributed by atoms with E-state index in [0.717, 1.165) is 6.08 Å². The van der Waals surface area contributed by atoms with Crippen LogP contribution in [0.3, 0.4) is 0 Å². The maximum Gasteiger partial charge on any atom is 0.330 e. The van der Waals surface area contributed by atoms with Crippen LogP contribution in [-0.2, 0) is 14.3 Å². The number of hydrogen-bond donors (Lipinski definition) is 0. The molecule has 1 aliphatic rings. The van der Waals surface area contributed by atoms with Gasteiger partial charge in [-0.3, -0.25) is 4.79 Å². The van der Waals surface area contributed by atoms with Gasteiger partial charge < -0.3 is 4.74 Å². The van der Waals surface area contributed by atoms with E-state index >= 15 is 0 Å². The number of allylic oxidation sites excluding steroid dienone is 1. The molecule has 0 bridgehead atoms. The number of hydrogen-bond acceptors (Lipinski definition) is 3. The van der Waals surface area contributed by atoms with Gasteiger partial charge in [-0.05, 0) is 6.08 Å². The van der Waals surface area contributed by atoms with Gasteiger partial charge in [0, 0.05) is 12.5 Å². The molecule has 0 atom stereocenters. The number of rotatable bonds is 0. The first kappa shape index (κ1) is 6.01. The van der Waals surface area contributed by atoms with Crippen molar-refractivity contribution in [3.8, 4) is 0 Å². The van der Waals surface area contributed by atoms with Crippen molar-refractivity contribution in [1.82, 2.24) is 0 Å². The lowest BCUT2D eigenvalue weighted by Crippen LogP contribution is -2.00. The van der Waals surface area contributed by atoms with Crippen LogP contribution >= 0.6 is 0 Å². The second-order valence-corrected chi connectivity index (χ2v) is 1.72. The van der Waals surface area contributed by atoms with Gasteiger partial charge in [-0.1, -0.05) is 0 Å². The molecule has 0 aromatic heterocycles. The number of carbonyl (C=O) groups is 2. The van der Waals surface area contributed by atoms with Crippen molar-refractivity contribution in [1.29, 1.82) is 0 Å².